The van der Waals surface area contributed by atoms with Crippen LogP contribution in [0.4, 0.5) is 0 Å². The zero-order valence-corrected chi connectivity index (χ0v) is 15.7. The van der Waals surface area contributed by atoms with Gasteiger partial charge in [0.25, 0.3) is 5.91 Å². The fourth-order valence-corrected chi connectivity index (χ4v) is 4.82. The van der Waals surface area contributed by atoms with Crippen LogP contribution in [-0.4, -0.2) is 29.6 Å². The summed E-state index contributed by atoms with van der Waals surface area (Å²) in [5, 5.41) is 1.16. The number of hydrogen-bond donors (Lipinski definition) is 0. The fourth-order valence-electron chi connectivity index (χ4n) is 2.76. The largest absolute Gasteiger partial charge is 0.338 e. The monoisotopic (exact) mass is 409 g/mol. The summed E-state index contributed by atoms with van der Waals surface area (Å²) in [6, 6.07) is 15.6. The number of nitrogens with zero attached hydrogens (tertiary/aromatic N) is 1. The van der Waals surface area contributed by atoms with E-state index in [0.29, 0.717) is 5.25 Å². The molecule has 2 aromatic rings. The molecule has 0 bridgehead atoms. The van der Waals surface area contributed by atoms with Gasteiger partial charge in [-0.1, -0.05) is 41.9 Å². The van der Waals surface area contributed by atoms with Crippen LogP contribution in [0.3, 0.4) is 0 Å². The van der Waals surface area contributed by atoms with Gasteiger partial charge in [-0.2, -0.15) is 11.8 Å². The molecule has 23 heavy (non-hydrogen) atoms. The number of halogens is 2. The zero-order chi connectivity index (χ0) is 16.2. The van der Waals surface area contributed by atoms with Gasteiger partial charge in [-0.25, -0.2) is 0 Å². The number of thioether (sulfide) groups is 1. The van der Waals surface area contributed by atoms with Crippen LogP contribution < -0.4 is 0 Å². The molecule has 0 aromatic heterocycles. The van der Waals surface area contributed by atoms with Crippen molar-refractivity contribution in [2.45, 2.75) is 11.7 Å². The van der Waals surface area contributed by atoms with E-state index in [4.69, 9.17) is 11.6 Å². The van der Waals surface area contributed by atoms with Crippen molar-refractivity contribution in [3.8, 4) is 0 Å². The third-order valence-electron chi connectivity index (χ3n) is 3.99. The molecule has 0 radical (unpaired) electrons. The van der Waals surface area contributed by atoms with Gasteiger partial charge >= 0.3 is 0 Å². The SMILES string of the molecule is O=C(c1ccccc1Br)N1CCS[C@H](c2ccccc2Cl)CC1. The fraction of sp³-hybridized carbons (Fsp3) is 0.278. The second-order valence-electron chi connectivity index (χ2n) is 5.44. The van der Waals surface area contributed by atoms with Crippen LogP contribution in [0.25, 0.3) is 0 Å². The zero-order valence-electron chi connectivity index (χ0n) is 12.5. The molecule has 1 aliphatic heterocycles. The van der Waals surface area contributed by atoms with Crippen LogP contribution in [0.2, 0.25) is 5.02 Å². The van der Waals surface area contributed by atoms with Crippen molar-refractivity contribution in [3.05, 3.63) is 69.2 Å². The highest BCUT2D eigenvalue weighted by atomic mass is 79.9. The molecule has 2 aromatic carbocycles. The summed E-state index contributed by atoms with van der Waals surface area (Å²) in [5.74, 6) is 1.02. The molecule has 1 fully saturated rings. The van der Waals surface area contributed by atoms with Gasteiger partial charge in [0.15, 0.2) is 0 Å². The molecular formula is C18H17BrClNOS. The van der Waals surface area contributed by atoms with E-state index in [-0.39, 0.29) is 5.91 Å². The molecule has 0 unspecified atom stereocenters. The van der Waals surface area contributed by atoms with Crippen molar-refractivity contribution in [2.75, 3.05) is 18.8 Å². The lowest BCUT2D eigenvalue weighted by molar-refractivity contribution is 0.0765. The summed E-state index contributed by atoms with van der Waals surface area (Å²) in [4.78, 5) is 14.7. The topological polar surface area (TPSA) is 20.3 Å². The van der Waals surface area contributed by atoms with E-state index in [1.54, 1.807) is 0 Å². The Bertz CT molecular complexity index is 709. The minimum absolute atomic E-state index is 0.0953. The summed E-state index contributed by atoms with van der Waals surface area (Å²) in [6.45, 7) is 1.52. The van der Waals surface area contributed by atoms with Gasteiger partial charge in [0.05, 0.1) is 5.56 Å². The molecule has 1 atom stereocenters. The number of benzene rings is 2. The Morgan fingerprint density at radius 3 is 2.65 bits per heavy atom. The van der Waals surface area contributed by atoms with Crippen LogP contribution in [0, 0.1) is 0 Å². The minimum Gasteiger partial charge on any atom is -0.338 e. The average molecular weight is 411 g/mol. The number of carbonyl (C=O) groups excluding carboxylic acids is 1. The van der Waals surface area contributed by atoms with E-state index in [0.717, 1.165) is 40.3 Å². The first-order chi connectivity index (χ1) is 11.2. The van der Waals surface area contributed by atoms with E-state index >= 15 is 0 Å². The van der Waals surface area contributed by atoms with Gasteiger partial charge in [0.2, 0.25) is 0 Å². The highest BCUT2D eigenvalue weighted by molar-refractivity contribution is 9.10. The Kier molecular flexibility index (Phi) is 5.67. The van der Waals surface area contributed by atoms with E-state index < -0.39 is 0 Å². The Hall–Kier alpha value is -0.970. The molecule has 0 aliphatic carbocycles. The average Bonchev–Trinajstić information content (AvgIpc) is 2.81. The van der Waals surface area contributed by atoms with Gasteiger partial charge in [-0.15, -0.1) is 0 Å². The Balaban J connectivity index is 1.73. The number of carbonyl (C=O) groups is 1. The standard InChI is InChI=1S/C18H17BrClNOS/c19-15-7-3-1-5-13(15)18(22)21-10-9-17(23-12-11-21)14-6-2-4-8-16(14)20/h1-8,17H,9-12H2/t17-/m0/s1. The normalized spacial score (nSPS) is 18.5. The molecule has 1 saturated heterocycles. The van der Waals surface area contributed by atoms with Gasteiger partial charge in [-0.3, -0.25) is 4.79 Å². The van der Waals surface area contributed by atoms with Crippen LogP contribution >= 0.6 is 39.3 Å². The lowest BCUT2D eigenvalue weighted by Gasteiger charge is -2.21. The highest BCUT2D eigenvalue weighted by Crippen LogP contribution is 2.38. The van der Waals surface area contributed by atoms with Crippen molar-refractivity contribution in [3.63, 3.8) is 0 Å². The summed E-state index contributed by atoms with van der Waals surface area (Å²) in [5.41, 5.74) is 1.91. The molecule has 1 aliphatic rings. The molecule has 5 heteroatoms. The lowest BCUT2D eigenvalue weighted by Crippen LogP contribution is -2.33. The van der Waals surface area contributed by atoms with Gasteiger partial charge in [0.1, 0.15) is 0 Å². The molecule has 2 nitrogen and oxygen atoms in total. The van der Waals surface area contributed by atoms with Crippen molar-refractivity contribution in [1.82, 2.24) is 4.90 Å². The first-order valence-corrected chi connectivity index (χ1v) is 9.78. The predicted molar refractivity (Wildman–Crippen MR) is 101 cm³/mol. The molecular weight excluding hydrogens is 394 g/mol. The van der Waals surface area contributed by atoms with Crippen LogP contribution in [-0.2, 0) is 0 Å². The summed E-state index contributed by atoms with van der Waals surface area (Å²) >= 11 is 11.7. The molecule has 120 valence electrons. The van der Waals surface area contributed by atoms with Crippen molar-refractivity contribution < 1.29 is 4.79 Å². The summed E-state index contributed by atoms with van der Waals surface area (Å²) in [6.07, 6.45) is 0.921. The quantitative estimate of drug-likeness (QED) is 0.658. The molecule has 1 amide bonds. The third kappa shape index (κ3) is 3.93. The summed E-state index contributed by atoms with van der Waals surface area (Å²) in [7, 11) is 0. The Morgan fingerprint density at radius 2 is 1.87 bits per heavy atom. The Morgan fingerprint density at radius 1 is 1.13 bits per heavy atom. The maximum atomic E-state index is 12.7. The van der Waals surface area contributed by atoms with Gasteiger partial charge in [-0.05, 0) is 46.1 Å². The second kappa shape index (κ2) is 7.73. The maximum absolute atomic E-state index is 12.7. The number of amides is 1. The Labute approximate surface area is 154 Å². The predicted octanol–water partition coefficient (Wildman–Crippen LogP) is 5.42. The van der Waals surface area contributed by atoms with Gasteiger partial charge < -0.3 is 4.90 Å². The number of hydrogen-bond acceptors (Lipinski definition) is 2. The molecule has 3 rings (SSSR count). The van der Waals surface area contributed by atoms with Crippen molar-refractivity contribution in [1.29, 1.82) is 0 Å². The van der Waals surface area contributed by atoms with Crippen LogP contribution in [0.15, 0.2) is 53.0 Å². The maximum Gasteiger partial charge on any atom is 0.255 e. The smallest absolute Gasteiger partial charge is 0.255 e. The van der Waals surface area contributed by atoms with Crippen LogP contribution in [0.5, 0.6) is 0 Å². The van der Waals surface area contributed by atoms with E-state index in [9.17, 15) is 4.79 Å². The lowest BCUT2D eigenvalue weighted by atomic mass is 10.1. The molecule has 1 heterocycles. The van der Waals surface area contributed by atoms with E-state index in [1.165, 1.54) is 5.56 Å². The third-order valence-corrected chi connectivity index (χ3v) is 6.33. The molecule has 0 N–H and O–H groups in total. The molecule has 0 spiro atoms. The summed E-state index contributed by atoms with van der Waals surface area (Å²) < 4.78 is 0.851. The first-order valence-electron chi connectivity index (χ1n) is 7.56. The van der Waals surface area contributed by atoms with Crippen LogP contribution in [0.1, 0.15) is 27.6 Å². The van der Waals surface area contributed by atoms with Gasteiger partial charge in [0, 0.05) is 33.6 Å². The minimum atomic E-state index is 0.0953. The molecule has 0 saturated carbocycles. The first kappa shape index (κ1) is 16.9. The van der Waals surface area contributed by atoms with E-state index in [2.05, 4.69) is 22.0 Å². The highest BCUT2D eigenvalue weighted by Gasteiger charge is 2.24. The second-order valence-corrected chi connectivity index (χ2v) is 8.01. The van der Waals surface area contributed by atoms with Crippen molar-refractivity contribution >= 4 is 45.2 Å². The number of rotatable bonds is 2. The van der Waals surface area contributed by atoms with E-state index in [1.807, 2.05) is 59.1 Å². The van der Waals surface area contributed by atoms with Crippen molar-refractivity contribution in [2.24, 2.45) is 0 Å².